The molecule has 0 bridgehead atoms. The van der Waals surface area contributed by atoms with Gasteiger partial charge in [-0.15, -0.1) is 0 Å². The molecule has 4 N–H and O–H groups in total. The number of benzene rings is 1. The second-order valence-corrected chi connectivity index (χ2v) is 9.86. The number of alkyl carbamates (subject to hydrolysis) is 2. The number of hydrogen-bond donors (Lipinski definition) is 4. The number of non-ortho nitro benzene ring substituents is 1. The Balaban J connectivity index is 1.93. The van der Waals surface area contributed by atoms with Gasteiger partial charge in [-0.25, -0.2) is 9.59 Å². The van der Waals surface area contributed by atoms with E-state index in [1.807, 2.05) is 0 Å². The standard InChI is InChI=1S/C26H42N6O13/c1-26(2,3)45-25(35)29-8-11-41-12-13-42-14-15-43-16-17-44-24(34)28-7-10-40-9-6-27-23(33)19-30-21-5-4-20(31(36)37)18-22(21)32(38)39/h4-5,18,30H,6-17,19H2,1-3H3,(H,27,33)(H,28,34)(H,29,35). The highest BCUT2D eigenvalue weighted by Crippen LogP contribution is 2.28. The summed E-state index contributed by atoms with van der Waals surface area (Å²) in [6.45, 7) is 7.92. The monoisotopic (exact) mass is 646 g/mol. The molecule has 0 atom stereocenters. The summed E-state index contributed by atoms with van der Waals surface area (Å²) in [5.41, 5.74) is -1.54. The second-order valence-electron chi connectivity index (χ2n) is 9.86. The summed E-state index contributed by atoms with van der Waals surface area (Å²) in [5, 5.41) is 32.1. The first kappa shape index (κ1) is 38.7. The second kappa shape index (κ2) is 22.2. The molecular formula is C26H42N6O13. The van der Waals surface area contributed by atoms with Crippen LogP contribution in [0, 0.1) is 20.2 Å². The molecule has 45 heavy (non-hydrogen) atoms. The van der Waals surface area contributed by atoms with E-state index in [4.69, 9.17) is 28.4 Å². The van der Waals surface area contributed by atoms with Crippen LogP contribution in [-0.4, -0.2) is 119 Å². The van der Waals surface area contributed by atoms with Crippen LogP contribution in [0.3, 0.4) is 0 Å². The lowest BCUT2D eigenvalue weighted by atomic mass is 10.2. The molecule has 0 saturated heterocycles. The third-order valence-corrected chi connectivity index (χ3v) is 5.03. The van der Waals surface area contributed by atoms with Gasteiger partial charge in [-0.2, -0.15) is 0 Å². The van der Waals surface area contributed by atoms with Gasteiger partial charge in [0.05, 0.1) is 75.3 Å². The highest BCUT2D eigenvalue weighted by molar-refractivity contribution is 5.82. The van der Waals surface area contributed by atoms with Crippen molar-refractivity contribution in [3.63, 3.8) is 0 Å². The minimum atomic E-state index is -0.782. The zero-order valence-electron chi connectivity index (χ0n) is 25.6. The van der Waals surface area contributed by atoms with Crippen LogP contribution in [0.4, 0.5) is 26.7 Å². The number of ether oxygens (including phenoxy) is 6. The first-order chi connectivity index (χ1) is 21.4. The lowest BCUT2D eigenvalue weighted by Crippen LogP contribution is -2.34. The maximum atomic E-state index is 11.9. The zero-order chi connectivity index (χ0) is 33.5. The lowest BCUT2D eigenvalue weighted by Gasteiger charge is -2.19. The van der Waals surface area contributed by atoms with Crippen LogP contribution in [-0.2, 0) is 33.2 Å². The number of amides is 3. The minimum absolute atomic E-state index is 0.0305. The fraction of sp³-hybridized carbons (Fsp3) is 0.654. The topological polar surface area (TPSA) is 241 Å². The summed E-state index contributed by atoms with van der Waals surface area (Å²) in [7, 11) is 0. The fourth-order valence-electron chi connectivity index (χ4n) is 3.09. The Morgan fingerprint density at radius 1 is 0.711 bits per heavy atom. The Bertz CT molecular complexity index is 1080. The van der Waals surface area contributed by atoms with Crippen LogP contribution in [0.15, 0.2) is 18.2 Å². The summed E-state index contributed by atoms with van der Waals surface area (Å²) < 4.78 is 31.4. The molecule has 0 aliphatic rings. The molecule has 0 fully saturated rings. The van der Waals surface area contributed by atoms with E-state index in [1.54, 1.807) is 20.8 Å². The largest absolute Gasteiger partial charge is 0.447 e. The highest BCUT2D eigenvalue weighted by Gasteiger charge is 2.20. The number of nitro benzene ring substituents is 2. The molecule has 0 spiro atoms. The molecule has 19 heteroatoms. The Morgan fingerprint density at radius 3 is 1.78 bits per heavy atom. The molecule has 3 amide bonds. The Morgan fingerprint density at radius 2 is 1.22 bits per heavy atom. The minimum Gasteiger partial charge on any atom is -0.447 e. The van der Waals surface area contributed by atoms with Gasteiger partial charge in [0.25, 0.3) is 11.4 Å². The predicted octanol–water partition coefficient (Wildman–Crippen LogP) is 1.35. The third-order valence-electron chi connectivity index (χ3n) is 5.03. The van der Waals surface area contributed by atoms with Crippen molar-refractivity contribution >= 4 is 35.2 Å². The summed E-state index contributed by atoms with van der Waals surface area (Å²) in [6.07, 6.45) is -1.14. The van der Waals surface area contributed by atoms with Gasteiger partial charge in [0, 0.05) is 25.7 Å². The van der Waals surface area contributed by atoms with Crippen molar-refractivity contribution in [1.29, 1.82) is 0 Å². The van der Waals surface area contributed by atoms with Gasteiger partial charge in [0.15, 0.2) is 0 Å². The van der Waals surface area contributed by atoms with Crippen LogP contribution in [0.5, 0.6) is 0 Å². The van der Waals surface area contributed by atoms with Gasteiger partial charge in [0.1, 0.15) is 17.9 Å². The average molecular weight is 647 g/mol. The highest BCUT2D eigenvalue weighted by atomic mass is 16.6. The molecule has 1 aromatic rings. The molecule has 254 valence electrons. The van der Waals surface area contributed by atoms with Crippen molar-refractivity contribution in [1.82, 2.24) is 16.0 Å². The molecule has 0 saturated carbocycles. The van der Waals surface area contributed by atoms with Crippen molar-refractivity contribution in [2.45, 2.75) is 26.4 Å². The molecule has 1 aromatic carbocycles. The Labute approximate surface area is 259 Å². The summed E-state index contributed by atoms with van der Waals surface area (Å²) >= 11 is 0. The Kier molecular flexibility index (Phi) is 19.1. The molecule has 0 aliphatic carbocycles. The quantitative estimate of drug-likeness (QED) is 0.0745. The van der Waals surface area contributed by atoms with Crippen molar-refractivity contribution in [3.05, 3.63) is 38.4 Å². The fourth-order valence-corrected chi connectivity index (χ4v) is 3.09. The molecular weight excluding hydrogens is 604 g/mol. The molecule has 1 rings (SSSR count). The van der Waals surface area contributed by atoms with Crippen LogP contribution in [0.1, 0.15) is 20.8 Å². The van der Waals surface area contributed by atoms with Gasteiger partial charge < -0.3 is 49.7 Å². The summed E-state index contributed by atoms with van der Waals surface area (Å²) in [5.74, 6) is -0.475. The van der Waals surface area contributed by atoms with E-state index in [1.165, 1.54) is 0 Å². The smallest absolute Gasteiger partial charge is 0.407 e. The van der Waals surface area contributed by atoms with Crippen molar-refractivity contribution in [2.75, 3.05) is 91.0 Å². The molecule has 0 heterocycles. The maximum Gasteiger partial charge on any atom is 0.407 e. The van der Waals surface area contributed by atoms with E-state index in [0.29, 0.717) is 39.6 Å². The average Bonchev–Trinajstić information content (AvgIpc) is 2.96. The van der Waals surface area contributed by atoms with Gasteiger partial charge in [0.2, 0.25) is 5.91 Å². The van der Waals surface area contributed by atoms with Gasteiger partial charge in [-0.05, 0) is 26.8 Å². The van der Waals surface area contributed by atoms with E-state index in [2.05, 4.69) is 21.3 Å². The first-order valence-electron chi connectivity index (χ1n) is 14.0. The number of carbonyl (C=O) groups excluding carboxylic acids is 3. The number of nitro groups is 2. The number of nitrogens with one attached hydrogen (secondary N) is 4. The zero-order valence-corrected chi connectivity index (χ0v) is 25.6. The number of carbonyl (C=O) groups is 3. The summed E-state index contributed by atoms with van der Waals surface area (Å²) in [4.78, 5) is 55.5. The van der Waals surface area contributed by atoms with Crippen LogP contribution in [0.25, 0.3) is 0 Å². The maximum absolute atomic E-state index is 11.9. The van der Waals surface area contributed by atoms with Crippen LogP contribution >= 0.6 is 0 Å². The molecule has 0 radical (unpaired) electrons. The number of hydrogen-bond acceptors (Lipinski definition) is 14. The van der Waals surface area contributed by atoms with Gasteiger partial charge in [-0.1, -0.05) is 0 Å². The number of rotatable bonds is 23. The number of nitrogens with zero attached hydrogens (tertiary/aromatic N) is 2. The van der Waals surface area contributed by atoms with E-state index >= 15 is 0 Å². The van der Waals surface area contributed by atoms with Gasteiger partial charge >= 0.3 is 12.2 Å². The molecule has 0 aliphatic heterocycles. The number of anilines is 1. The molecule has 0 aromatic heterocycles. The van der Waals surface area contributed by atoms with Crippen LogP contribution in [0.2, 0.25) is 0 Å². The summed E-state index contributed by atoms with van der Waals surface area (Å²) in [6, 6.07) is 3.06. The third kappa shape index (κ3) is 20.3. The first-order valence-corrected chi connectivity index (χ1v) is 14.0. The van der Waals surface area contributed by atoms with E-state index in [9.17, 15) is 34.6 Å². The van der Waals surface area contributed by atoms with E-state index in [-0.39, 0.29) is 51.7 Å². The van der Waals surface area contributed by atoms with E-state index in [0.717, 1.165) is 18.2 Å². The van der Waals surface area contributed by atoms with Crippen molar-refractivity contribution < 1.29 is 52.7 Å². The molecule has 19 nitrogen and oxygen atoms in total. The van der Waals surface area contributed by atoms with Crippen molar-refractivity contribution in [3.8, 4) is 0 Å². The SMILES string of the molecule is CC(C)(C)OC(=O)NCCOCCOCCOCCOC(=O)NCCOCCNC(=O)CNc1ccc([N+](=O)[O-])cc1[N+](=O)[O-]. The van der Waals surface area contributed by atoms with Gasteiger partial charge in [-0.3, -0.25) is 25.0 Å². The normalized spacial score (nSPS) is 10.9. The predicted molar refractivity (Wildman–Crippen MR) is 158 cm³/mol. The van der Waals surface area contributed by atoms with Crippen LogP contribution < -0.4 is 21.3 Å². The lowest BCUT2D eigenvalue weighted by molar-refractivity contribution is -0.393. The van der Waals surface area contributed by atoms with Crippen molar-refractivity contribution in [2.24, 2.45) is 0 Å². The Hall–Kier alpha value is -4.33. The van der Waals surface area contributed by atoms with E-state index < -0.39 is 44.9 Å². The molecule has 0 unspecified atom stereocenters.